The van der Waals surface area contributed by atoms with Crippen molar-refractivity contribution in [3.05, 3.63) is 52.0 Å². The van der Waals surface area contributed by atoms with E-state index in [1.165, 1.54) is 7.11 Å². The summed E-state index contributed by atoms with van der Waals surface area (Å²) in [6.07, 6.45) is 0. The molecule has 26 heavy (non-hydrogen) atoms. The van der Waals surface area contributed by atoms with Gasteiger partial charge in [0.1, 0.15) is 5.75 Å². The van der Waals surface area contributed by atoms with Crippen molar-refractivity contribution in [2.45, 2.75) is 0 Å². The number of nitrogens with one attached hydrogen (secondary N) is 3. The van der Waals surface area contributed by atoms with Crippen molar-refractivity contribution in [1.82, 2.24) is 5.32 Å². The van der Waals surface area contributed by atoms with Crippen molar-refractivity contribution in [2.24, 2.45) is 5.73 Å². The molecule has 0 radical (unpaired) electrons. The molecule has 0 saturated heterocycles. The number of ether oxygens (including phenoxy) is 1. The first-order chi connectivity index (χ1) is 12.4. The minimum Gasteiger partial charge on any atom is -0.497 e. The number of rotatable bonds is 6. The number of amides is 3. The van der Waals surface area contributed by atoms with Crippen LogP contribution < -0.4 is 26.4 Å². The number of urea groups is 1. The van der Waals surface area contributed by atoms with E-state index < -0.39 is 6.03 Å². The Balaban J connectivity index is 2.20. The number of nitrogens with two attached hydrogens (primary N) is 1. The summed E-state index contributed by atoms with van der Waals surface area (Å²) in [4.78, 5) is 24.5. The molecule has 0 heterocycles. The quantitative estimate of drug-likeness (QED) is 0.600. The van der Waals surface area contributed by atoms with E-state index in [1.54, 1.807) is 36.4 Å². The lowest BCUT2D eigenvalue weighted by molar-refractivity contribution is 0.0955. The van der Waals surface area contributed by atoms with Gasteiger partial charge >= 0.3 is 6.03 Å². The van der Waals surface area contributed by atoms with E-state index in [-0.39, 0.29) is 17.2 Å². The van der Waals surface area contributed by atoms with E-state index in [0.717, 1.165) is 0 Å². The van der Waals surface area contributed by atoms with Crippen LogP contribution in [0.2, 0.25) is 10.0 Å². The molecule has 138 valence electrons. The van der Waals surface area contributed by atoms with Gasteiger partial charge in [0.15, 0.2) is 0 Å². The Morgan fingerprint density at radius 1 is 1.08 bits per heavy atom. The summed E-state index contributed by atoms with van der Waals surface area (Å²) < 4.78 is 5.14. The van der Waals surface area contributed by atoms with Crippen LogP contribution in [0.4, 0.5) is 16.2 Å². The molecule has 5 N–H and O–H groups in total. The molecular formula is C17H18Cl2N4O3. The van der Waals surface area contributed by atoms with Gasteiger partial charge < -0.3 is 26.4 Å². The smallest absolute Gasteiger partial charge is 0.323 e. The van der Waals surface area contributed by atoms with Gasteiger partial charge in [-0.15, -0.1) is 0 Å². The van der Waals surface area contributed by atoms with Crippen LogP contribution >= 0.6 is 23.2 Å². The highest BCUT2D eigenvalue weighted by Gasteiger charge is 2.15. The van der Waals surface area contributed by atoms with Gasteiger partial charge in [-0.25, -0.2) is 4.79 Å². The van der Waals surface area contributed by atoms with E-state index in [0.29, 0.717) is 34.6 Å². The van der Waals surface area contributed by atoms with Crippen LogP contribution in [0.25, 0.3) is 0 Å². The summed E-state index contributed by atoms with van der Waals surface area (Å²) in [5.41, 5.74) is 6.37. The van der Waals surface area contributed by atoms with Crippen molar-refractivity contribution in [3.8, 4) is 5.75 Å². The number of carbonyl (C=O) groups excluding carboxylic acids is 2. The van der Waals surface area contributed by atoms with E-state index in [4.69, 9.17) is 33.7 Å². The van der Waals surface area contributed by atoms with Crippen LogP contribution in [0.3, 0.4) is 0 Å². The fourth-order valence-corrected chi connectivity index (χ4v) is 2.67. The number of anilines is 2. The van der Waals surface area contributed by atoms with Crippen molar-refractivity contribution in [3.63, 3.8) is 0 Å². The molecule has 2 rings (SSSR count). The van der Waals surface area contributed by atoms with Crippen molar-refractivity contribution in [1.29, 1.82) is 0 Å². The summed E-state index contributed by atoms with van der Waals surface area (Å²) in [5, 5.41) is 8.65. The first-order valence-corrected chi connectivity index (χ1v) is 8.39. The van der Waals surface area contributed by atoms with Crippen molar-refractivity contribution >= 4 is 46.5 Å². The average molecular weight is 397 g/mol. The number of hydrogen-bond acceptors (Lipinski definition) is 4. The topological polar surface area (TPSA) is 105 Å². The molecule has 0 unspecified atom stereocenters. The first kappa shape index (κ1) is 19.8. The second-order valence-electron chi connectivity index (χ2n) is 5.19. The number of benzene rings is 2. The van der Waals surface area contributed by atoms with Crippen LogP contribution in [0.15, 0.2) is 36.4 Å². The Hall–Kier alpha value is -2.48. The van der Waals surface area contributed by atoms with E-state index >= 15 is 0 Å². The molecule has 0 spiro atoms. The first-order valence-electron chi connectivity index (χ1n) is 7.63. The minimum absolute atomic E-state index is 0.276. The molecule has 0 saturated carbocycles. The van der Waals surface area contributed by atoms with Crippen molar-refractivity contribution < 1.29 is 14.3 Å². The predicted molar refractivity (Wildman–Crippen MR) is 103 cm³/mol. The standard InChI is InChI=1S/C17H18Cl2N4O3/c1-26-13-2-3-14(16(24)21-5-4-20)15(9-13)23-17(25)22-12-7-10(18)6-11(19)8-12/h2-3,6-9H,4-5,20H2,1H3,(H,21,24)(H2,22,23,25). The molecule has 0 aromatic heterocycles. The largest absolute Gasteiger partial charge is 0.497 e. The summed E-state index contributed by atoms with van der Waals surface area (Å²) in [6, 6.07) is 8.80. The Morgan fingerprint density at radius 2 is 1.77 bits per heavy atom. The van der Waals surface area contributed by atoms with E-state index in [1.807, 2.05) is 0 Å². The fourth-order valence-electron chi connectivity index (χ4n) is 2.14. The number of methoxy groups -OCH3 is 1. The molecule has 2 aromatic carbocycles. The predicted octanol–water partition coefficient (Wildman–Crippen LogP) is 3.33. The van der Waals surface area contributed by atoms with Gasteiger partial charge in [-0.2, -0.15) is 0 Å². The summed E-state index contributed by atoms with van der Waals surface area (Å²) in [5.74, 6) is 0.126. The Labute approximate surface area is 160 Å². The Kier molecular flexibility index (Phi) is 7.08. The normalized spacial score (nSPS) is 10.2. The van der Waals surface area contributed by atoms with Gasteiger partial charge in [0.2, 0.25) is 0 Å². The highest BCUT2D eigenvalue weighted by molar-refractivity contribution is 6.35. The highest BCUT2D eigenvalue weighted by Crippen LogP contribution is 2.25. The average Bonchev–Trinajstić information content (AvgIpc) is 2.58. The molecule has 3 amide bonds. The van der Waals surface area contributed by atoms with Gasteiger partial charge in [0.05, 0.1) is 18.4 Å². The second-order valence-corrected chi connectivity index (χ2v) is 6.07. The summed E-state index contributed by atoms with van der Waals surface area (Å²) in [7, 11) is 1.49. The van der Waals surface area contributed by atoms with Gasteiger partial charge in [-0.05, 0) is 30.3 Å². The van der Waals surface area contributed by atoms with Gasteiger partial charge in [-0.1, -0.05) is 23.2 Å². The van der Waals surface area contributed by atoms with Crippen LogP contribution in [-0.2, 0) is 0 Å². The molecule has 9 heteroatoms. The monoisotopic (exact) mass is 396 g/mol. The van der Waals surface area contributed by atoms with Gasteiger partial charge in [0.25, 0.3) is 5.91 Å². The zero-order valence-corrected chi connectivity index (χ0v) is 15.4. The molecule has 7 nitrogen and oxygen atoms in total. The summed E-state index contributed by atoms with van der Waals surface area (Å²) >= 11 is 11.8. The number of carbonyl (C=O) groups is 2. The molecule has 0 atom stereocenters. The lowest BCUT2D eigenvalue weighted by atomic mass is 10.1. The molecule has 2 aromatic rings. The Morgan fingerprint density at radius 3 is 2.38 bits per heavy atom. The SMILES string of the molecule is COc1ccc(C(=O)NCCN)c(NC(=O)Nc2cc(Cl)cc(Cl)c2)c1. The third-order valence-corrected chi connectivity index (χ3v) is 3.71. The molecule has 0 fully saturated rings. The summed E-state index contributed by atoms with van der Waals surface area (Å²) in [6.45, 7) is 0.623. The number of halogens is 2. The maximum atomic E-state index is 12.3. The third kappa shape index (κ3) is 5.52. The highest BCUT2D eigenvalue weighted by atomic mass is 35.5. The molecular weight excluding hydrogens is 379 g/mol. The molecule has 0 aliphatic carbocycles. The molecule has 0 aliphatic rings. The van der Waals surface area contributed by atoms with Crippen LogP contribution in [0, 0.1) is 0 Å². The maximum absolute atomic E-state index is 12.3. The van der Waals surface area contributed by atoms with E-state index in [9.17, 15) is 9.59 Å². The van der Waals surface area contributed by atoms with Crippen molar-refractivity contribution in [2.75, 3.05) is 30.8 Å². The lowest BCUT2D eigenvalue weighted by Crippen LogP contribution is -2.30. The third-order valence-electron chi connectivity index (χ3n) is 3.27. The van der Waals surface area contributed by atoms with Gasteiger partial charge in [0, 0.05) is 34.9 Å². The molecule has 0 bridgehead atoms. The van der Waals surface area contributed by atoms with Crippen LogP contribution in [0.5, 0.6) is 5.75 Å². The van der Waals surface area contributed by atoms with Crippen LogP contribution in [-0.4, -0.2) is 32.1 Å². The molecule has 0 aliphatic heterocycles. The second kappa shape index (κ2) is 9.28. The van der Waals surface area contributed by atoms with E-state index in [2.05, 4.69) is 16.0 Å². The zero-order chi connectivity index (χ0) is 19.1. The van der Waals surface area contributed by atoms with Gasteiger partial charge in [-0.3, -0.25) is 4.79 Å². The lowest BCUT2D eigenvalue weighted by Gasteiger charge is -2.14. The Bertz CT molecular complexity index is 794. The maximum Gasteiger partial charge on any atom is 0.323 e. The van der Waals surface area contributed by atoms with Crippen LogP contribution in [0.1, 0.15) is 10.4 Å². The minimum atomic E-state index is -0.565. The fraction of sp³-hybridized carbons (Fsp3) is 0.176. The number of hydrogen-bond donors (Lipinski definition) is 4. The zero-order valence-electron chi connectivity index (χ0n) is 13.9.